The van der Waals surface area contributed by atoms with Gasteiger partial charge in [-0.05, 0) is 0 Å². The molecule has 0 radical (unpaired) electrons. The first-order valence-corrected chi connectivity index (χ1v) is 7.52. The Labute approximate surface area is 135 Å². The van der Waals surface area contributed by atoms with Gasteiger partial charge in [0, 0.05) is 24.9 Å². The normalized spacial score (nSPS) is 11.0. The smallest absolute Gasteiger partial charge is 0.307 e. The number of hydrogen-bond donors (Lipinski definition) is 5. The fourth-order valence-corrected chi connectivity index (χ4v) is 1.40. The predicted octanol–water partition coefficient (Wildman–Crippen LogP) is -2.36. The molecule has 0 aromatic rings. The van der Waals surface area contributed by atoms with E-state index in [1.165, 1.54) is 0 Å². The molecule has 0 aliphatic rings. The molecule has 0 aliphatic carbocycles. The van der Waals surface area contributed by atoms with E-state index in [2.05, 4.69) is 5.32 Å². The monoisotopic (exact) mass is 337 g/mol. The van der Waals surface area contributed by atoms with Crippen molar-refractivity contribution in [3.63, 3.8) is 0 Å². The molecule has 9 nitrogen and oxygen atoms in total. The number of esters is 2. The Morgan fingerprint density at radius 2 is 1.09 bits per heavy atom. The number of hydrogen-bond acceptors (Lipinski definition) is 9. The largest absolute Gasteiger partial charge is 0.465 e. The quantitative estimate of drug-likeness (QED) is 0.174. The Hall–Kier alpha value is -1.26. The minimum absolute atomic E-state index is 0.0327. The zero-order valence-corrected chi connectivity index (χ0v) is 13.1. The first-order chi connectivity index (χ1) is 11.1. The lowest BCUT2D eigenvalue weighted by Gasteiger charge is -2.12. The standard InChI is InChI=1S/C14H27NO8/c16-5-11(6-17)9-22-13(20)1-3-15-4-2-14(21)23-10-12(7-18)8-19/h11-12,15-19H,1-10H2. The van der Waals surface area contributed by atoms with Gasteiger partial charge in [0.1, 0.15) is 0 Å². The van der Waals surface area contributed by atoms with Crippen molar-refractivity contribution in [2.75, 3.05) is 52.7 Å². The maximum Gasteiger partial charge on any atom is 0.307 e. The maximum absolute atomic E-state index is 11.4. The summed E-state index contributed by atoms with van der Waals surface area (Å²) in [5, 5.41) is 38.1. The lowest BCUT2D eigenvalue weighted by Crippen LogP contribution is -2.26. The average Bonchev–Trinajstić information content (AvgIpc) is 2.56. The molecule has 0 aliphatic heterocycles. The molecule has 0 rings (SSSR count). The molecule has 23 heavy (non-hydrogen) atoms. The van der Waals surface area contributed by atoms with Crippen LogP contribution in [0.25, 0.3) is 0 Å². The van der Waals surface area contributed by atoms with Crippen LogP contribution in [0.4, 0.5) is 0 Å². The summed E-state index contributed by atoms with van der Waals surface area (Å²) in [5.41, 5.74) is 0. The first-order valence-electron chi connectivity index (χ1n) is 7.52. The third kappa shape index (κ3) is 11.9. The van der Waals surface area contributed by atoms with Crippen LogP contribution in [0.2, 0.25) is 0 Å². The van der Waals surface area contributed by atoms with Crippen molar-refractivity contribution in [3.05, 3.63) is 0 Å². The molecule has 0 aromatic heterocycles. The topological polar surface area (TPSA) is 146 Å². The summed E-state index contributed by atoms with van der Waals surface area (Å²) in [6, 6.07) is 0. The number of carbonyl (C=O) groups excluding carboxylic acids is 2. The van der Waals surface area contributed by atoms with E-state index in [9.17, 15) is 9.59 Å². The molecule has 0 spiro atoms. The second-order valence-corrected chi connectivity index (χ2v) is 5.08. The summed E-state index contributed by atoms with van der Waals surface area (Å²) in [6.45, 7) is -0.426. The molecule has 0 aromatic carbocycles. The Kier molecular flexibility index (Phi) is 13.6. The molecular weight excluding hydrogens is 310 g/mol. The molecule has 0 atom stereocenters. The third-order valence-corrected chi connectivity index (χ3v) is 3.00. The van der Waals surface area contributed by atoms with E-state index in [4.69, 9.17) is 29.9 Å². The van der Waals surface area contributed by atoms with E-state index in [0.717, 1.165) is 0 Å². The Bertz CT molecular complexity index is 288. The molecule has 0 saturated carbocycles. The summed E-state index contributed by atoms with van der Waals surface area (Å²) >= 11 is 0. The van der Waals surface area contributed by atoms with E-state index in [1.54, 1.807) is 0 Å². The van der Waals surface area contributed by atoms with Gasteiger partial charge in [0.15, 0.2) is 0 Å². The number of ether oxygens (including phenoxy) is 2. The van der Waals surface area contributed by atoms with Crippen LogP contribution in [0.15, 0.2) is 0 Å². The molecule has 0 amide bonds. The van der Waals surface area contributed by atoms with Crippen LogP contribution in [-0.2, 0) is 19.1 Å². The molecule has 0 saturated heterocycles. The molecule has 0 unspecified atom stereocenters. The van der Waals surface area contributed by atoms with Crippen molar-refractivity contribution in [2.24, 2.45) is 11.8 Å². The van der Waals surface area contributed by atoms with Gasteiger partial charge in [-0.3, -0.25) is 9.59 Å². The lowest BCUT2D eigenvalue weighted by molar-refractivity contribution is -0.146. The zero-order chi connectivity index (χ0) is 17.5. The van der Waals surface area contributed by atoms with Gasteiger partial charge >= 0.3 is 11.9 Å². The average molecular weight is 337 g/mol. The summed E-state index contributed by atoms with van der Waals surface area (Å²) < 4.78 is 9.73. The summed E-state index contributed by atoms with van der Waals surface area (Å²) in [6.07, 6.45) is 0.214. The van der Waals surface area contributed by atoms with Crippen LogP contribution in [-0.4, -0.2) is 85.1 Å². The number of aliphatic hydroxyl groups is 4. The van der Waals surface area contributed by atoms with Gasteiger partial charge in [0.05, 0.1) is 52.5 Å². The van der Waals surface area contributed by atoms with Crippen LogP contribution in [0.5, 0.6) is 0 Å². The van der Waals surface area contributed by atoms with Gasteiger partial charge < -0.3 is 35.2 Å². The van der Waals surface area contributed by atoms with Crippen LogP contribution < -0.4 is 5.32 Å². The number of rotatable bonds is 14. The molecule has 0 bridgehead atoms. The van der Waals surface area contributed by atoms with Crippen molar-refractivity contribution < 1.29 is 39.5 Å². The van der Waals surface area contributed by atoms with Crippen molar-refractivity contribution in [1.29, 1.82) is 0 Å². The van der Waals surface area contributed by atoms with Gasteiger partial charge in [-0.15, -0.1) is 0 Å². The summed E-state index contributed by atoms with van der Waals surface area (Å²) in [7, 11) is 0. The van der Waals surface area contributed by atoms with Gasteiger partial charge in [0.25, 0.3) is 0 Å². The van der Waals surface area contributed by atoms with Crippen LogP contribution in [0.3, 0.4) is 0 Å². The number of carbonyl (C=O) groups is 2. The Balaban J connectivity index is 3.57. The van der Waals surface area contributed by atoms with Crippen molar-refractivity contribution in [3.8, 4) is 0 Å². The van der Waals surface area contributed by atoms with E-state index in [-0.39, 0.29) is 52.5 Å². The fourth-order valence-electron chi connectivity index (χ4n) is 1.40. The maximum atomic E-state index is 11.4. The molecule has 5 N–H and O–H groups in total. The minimum Gasteiger partial charge on any atom is -0.465 e. The zero-order valence-electron chi connectivity index (χ0n) is 13.1. The summed E-state index contributed by atoms with van der Waals surface area (Å²) in [5.74, 6) is -1.85. The fraction of sp³-hybridized carbons (Fsp3) is 0.857. The molecule has 9 heteroatoms. The van der Waals surface area contributed by atoms with Crippen molar-refractivity contribution in [1.82, 2.24) is 5.32 Å². The first kappa shape index (κ1) is 21.7. The van der Waals surface area contributed by atoms with E-state index in [1.807, 2.05) is 0 Å². The SMILES string of the molecule is O=C(CCNCCC(=O)OCC(CO)CO)OCC(CO)CO. The van der Waals surface area contributed by atoms with Crippen LogP contribution in [0.1, 0.15) is 12.8 Å². The Morgan fingerprint density at radius 1 is 0.739 bits per heavy atom. The second kappa shape index (κ2) is 14.3. The highest BCUT2D eigenvalue weighted by Gasteiger charge is 2.11. The van der Waals surface area contributed by atoms with Gasteiger partial charge in [-0.1, -0.05) is 0 Å². The van der Waals surface area contributed by atoms with Crippen molar-refractivity contribution >= 4 is 11.9 Å². The van der Waals surface area contributed by atoms with Gasteiger partial charge in [-0.2, -0.15) is 0 Å². The minimum atomic E-state index is -0.469. The number of nitrogens with one attached hydrogen (secondary N) is 1. The lowest BCUT2D eigenvalue weighted by atomic mass is 10.2. The van der Waals surface area contributed by atoms with E-state index >= 15 is 0 Å². The van der Waals surface area contributed by atoms with E-state index < -0.39 is 23.8 Å². The highest BCUT2D eigenvalue weighted by atomic mass is 16.5. The molecule has 0 heterocycles. The van der Waals surface area contributed by atoms with E-state index in [0.29, 0.717) is 13.1 Å². The van der Waals surface area contributed by atoms with Gasteiger partial charge in [0.2, 0.25) is 0 Å². The molecular formula is C14H27NO8. The Morgan fingerprint density at radius 3 is 1.39 bits per heavy atom. The van der Waals surface area contributed by atoms with Gasteiger partial charge in [-0.25, -0.2) is 0 Å². The third-order valence-electron chi connectivity index (χ3n) is 3.00. The van der Waals surface area contributed by atoms with Crippen LogP contribution >= 0.6 is 0 Å². The van der Waals surface area contributed by atoms with Crippen molar-refractivity contribution in [2.45, 2.75) is 12.8 Å². The molecule has 136 valence electrons. The number of aliphatic hydroxyl groups excluding tert-OH is 4. The highest BCUT2D eigenvalue weighted by Crippen LogP contribution is 1.97. The summed E-state index contributed by atoms with van der Waals surface area (Å²) in [4.78, 5) is 22.7. The highest BCUT2D eigenvalue weighted by molar-refractivity contribution is 5.70. The molecule has 0 fully saturated rings. The van der Waals surface area contributed by atoms with Crippen LogP contribution in [0, 0.1) is 11.8 Å². The predicted molar refractivity (Wildman–Crippen MR) is 79.3 cm³/mol. The second-order valence-electron chi connectivity index (χ2n) is 5.08.